The highest BCUT2D eigenvalue weighted by Crippen LogP contribution is 2.38. The molecule has 0 atom stereocenters. The summed E-state index contributed by atoms with van der Waals surface area (Å²) in [7, 11) is 1.37. The first kappa shape index (κ1) is 18.3. The molecule has 2 rings (SSSR count). The Labute approximate surface area is 146 Å². The summed E-state index contributed by atoms with van der Waals surface area (Å²) in [5.41, 5.74) is -0.485. The fraction of sp³-hybridized carbons (Fsp3) is 0.286. The number of nitrogens with one attached hydrogen (secondary N) is 1. The summed E-state index contributed by atoms with van der Waals surface area (Å²) < 4.78 is 11.6. The maximum absolute atomic E-state index is 11.7. The molecule has 0 fully saturated rings. The minimum absolute atomic E-state index is 0.00928. The standard InChI is InChI=1S/C14H15N5O5S/c1-8(2)24-13-10(19(21)22)4-9(5-11(13)23-3)6-16-18-12(20)7-15-17-14(18)25/h4-8H,1-3H3,(H,17,25)/b16-6-. The van der Waals surface area contributed by atoms with Gasteiger partial charge in [0.2, 0.25) is 10.5 Å². The Morgan fingerprint density at radius 2 is 2.20 bits per heavy atom. The Morgan fingerprint density at radius 1 is 1.48 bits per heavy atom. The smallest absolute Gasteiger partial charge is 0.315 e. The third kappa shape index (κ3) is 4.26. The molecule has 0 saturated carbocycles. The van der Waals surface area contributed by atoms with E-state index in [0.717, 1.165) is 10.9 Å². The molecule has 0 aliphatic carbocycles. The Kier molecular flexibility index (Phi) is 5.60. The zero-order valence-corrected chi connectivity index (χ0v) is 14.4. The van der Waals surface area contributed by atoms with Gasteiger partial charge in [-0.15, -0.1) is 0 Å². The summed E-state index contributed by atoms with van der Waals surface area (Å²) in [6, 6.07) is 2.77. The number of aromatic nitrogens is 3. The van der Waals surface area contributed by atoms with E-state index in [4.69, 9.17) is 21.7 Å². The van der Waals surface area contributed by atoms with Crippen LogP contribution >= 0.6 is 12.2 Å². The van der Waals surface area contributed by atoms with Crippen LogP contribution in [0.2, 0.25) is 0 Å². The van der Waals surface area contributed by atoms with Crippen molar-refractivity contribution in [2.75, 3.05) is 7.11 Å². The molecule has 132 valence electrons. The molecule has 1 N–H and O–H groups in total. The first-order chi connectivity index (χ1) is 11.8. The van der Waals surface area contributed by atoms with E-state index >= 15 is 0 Å². The number of hydrogen-bond donors (Lipinski definition) is 1. The normalized spacial score (nSPS) is 11.0. The first-order valence-electron chi connectivity index (χ1n) is 7.07. The topological polar surface area (TPSA) is 125 Å². The molecule has 1 aromatic heterocycles. The lowest BCUT2D eigenvalue weighted by Gasteiger charge is -2.14. The lowest BCUT2D eigenvalue weighted by Crippen LogP contribution is -2.18. The minimum Gasteiger partial charge on any atom is -0.493 e. The monoisotopic (exact) mass is 365 g/mol. The molecule has 10 nitrogen and oxygen atoms in total. The molecular formula is C14H15N5O5S. The summed E-state index contributed by atoms with van der Waals surface area (Å²) in [5, 5.41) is 21.2. The number of rotatable bonds is 6. The second-order valence-corrected chi connectivity index (χ2v) is 5.45. The van der Waals surface area contributed by atoms with E-state index < -0.39 is 10.5 Å². The predicted octanol–water partition coefficient (Wildman–Crippen LogP) is 1.89. The van der Waals surface area contributed by atoms with Gasteiger partial charge in [-0.1, -0.05) is 0 Å². The number of nitro groups is 1. The number of aromatic amines is 1. The molecule has 1 heterocycles. The number of nitro benzene ring substituents is 1. The Morgan fingerprint density at radius 3 is 2.76 bits per heavy atom. The molecule has 0 aliphatic heterocycles. The fourth-order valence-corrected chi connectivity index (χ4v) is 2.09. The SMILES string of the molecule is COc1cc(/C=N\n2c(=O)cn[nH]c2=S)cc([N+](=O)[O-])c1OC(C)C. The minimum atomic E-state index is -0.581. The molecule has 1 aromatic carbocycles. The third-order valence-electron chi connectivity index (χ3n) is 2.89. The van der Waals surface area contributed by atoms with E-state index in [9.17, 15) is 14.9 Å². The van der Waals surface area contributed by atoms with Gasteiger partial charge in [0.1, 0.15) is 6.20 Å². The summed E-state index contributed by atoms with van der Waals surface area (Å²) >= 11 is 4.92. The van der Waals surface area contributed by atoms with Gasteiger partial charge in [-0.3, -0.25) is 20.0 Å². The Hall–Kier alpha value is -3.08. The van der Waals surface area contributed by atoms with Gasteiger partial charge in [-0.2, -0.15) is 14.9 Å². The van der Waals surface area contributed by atoms with Gasteiger partial charge >= 0.3 is 5.69 Å². The largest absolute Gasteiger partial charge is 0.493 e. The van der Waals surface area contributed by atoms with Crippen LogP contribution < -0.4 is 15.0 Å². The number of nitrogens with zero attached hydrogens (tertiary/aromatic N) is 4. The van der Waals surface area contributed by atoms with Gasteiger partial charge in [-0.25, -0.2) is 0 Å². The number of H-pyrrole nitrogens is 1. The molecule has 0 aliphatic rings. The molecule has 2 aromatic rings. The van der Waals surface area contributed by atoms with Crippen LogP contribution in [-0.2, 0) is 0 Å². The van der Waals surface area contributed by atoms with Crippen LogP contribution in [-0.4, -0.2) is 39.2 Å². The molecule has 11 heteroatoms. The van der Waals surface area contributed by atoms with E-state index in [0.29, 0.717) is 5.56 Å². The second kappa shape index (κ2) is 7.66. The van der Waals surface area contributed by atoms with Gasteiger partial charge in [0, 0.05) is 11.6 Å². The quantitative estimate of drug-likeness (QED) is 0.359. The van der Waals surface area contributed by atoms with Crippen molar-refractivity contribution in [2.45, 2.75) is 20.0 Å². The van der Waals surface area contributed by atoms with E-state index in [2.05, 4.69) is 15.3 Å². The van der Waals surface area contributed by atoms with Crippen LogP contribution in [0, 0.1) is 14.9 Å². The number of hydrogen-bond acceptors (Lipinski definition) is 8. The van der Waals surface area contributed by atoms with Crippen LogP contribution in [0.5, 0.6) is 11.5 Å². The summed E-state index contributed by atoms with van der Waals surface area (Å²) in [4.78, 5) is 22.4. The molecule has 0 spiro atoms. The van der Waals surface area contributed by atoms with Gasteiger partial charge in [0.25, 0.3) is 5.56 Å². The summed E-state index contributed by atoms with van der Waals surface area (Å²) in [6.07, 6.45) is 1.98. The van der Waals surface area contributed by atoms with Crippen LogP contribution in [0.4, 0.5) is 5.69 Å². The van der Waals surface area contributed by atoms with Gasteiger partial charge in [0.05, 0.1) is 24.4 Å². The predicted molar refractivity (Wildman–Crippen MR) is 92.1 cm³/mol. The van der Waals surface area contributed by atoms with Crippen molar-refractivity contribution < 1.29 is 14.4 Å². The van der Waals surface area contributed by atoms with Crippen molar-refractivity contribution in [1.82, 2.24) is 14.9 Å². The first-order valence-corrected chi connectivity index (χ1v) is 7.48. The highest BCUT2D eigenvalue weighted by molar-refractivity contribution is 7.71. The Balaban J connectivity index is 2.54. The highest BCUT2D eigenvalue weighted by atomic mass is 32.1. The third-order valence-corrected chi connectivity index (χ3v) is 3.15. The lowest BCUT2D eigenvalue weighted by atomic mass is 10.2. The van der Waals surface area contributed by atoms with Crippen molar-refractivity contribution in [3.63, 3.8) is 0 Å². The van der Waals surface area contributed by atoms with E-state index in [-0.39, 0.29) is 28.1 Å². The van der Waals surface area contributed by atoms with Crippen LogP contribution in [0.1, 0.15) is 19.4 Å². The second-order valence-electron chi connectivity index (χ2n) is 5.06. The molecule has 0 amide bonds. The van der Waals surface area contributed by atoms with Crippen LogP contribution in [0.25, 0.3) is 0 Å². The maximum atomic E-state index is 11.7. The molecule has 0 bridgehead atoms. The van der Waals surface area contributed by atoms with Gasteiger partial charge < -0.3 is 9.47 Å². The molecule has 25 heavy (non-hydrogen) atoms. The van der Waals surface area contributed by atoms with E-state index in [1.54, 1.807) is 13.8 Å². The van der Waals surface area contributed by atoms with Crippen LogP contribution in [0.15, 0.2) is 28.2 Å². The van der Waals surface area contributed by atoms with Crippen molar-refractivity contribution in [1.29, 1.82) is 0 Å². The average molecular weight is 365 g/mol. The highest BCUT2D eigenvalue weighted by Gasteiger charge is 2.23. The molecular weight excluding hydrogens is 350 g/mol. The summed E-state index contributed by atoms with van der Waals surface area (Å²) in [5.74, 6) is 0.203. The maximum Gasteiger partial charge on any atom is 0.315 e. The zero-order chi connectivity index (χ0) is 18.6. The van der Waals surface area contributed by atoms with Crippen molar-refractivity contribution >= 4 is 24.1 Å². The molecule has 0 saturated heterocycles. The number of methoxy groups -OCH3 is 1. The van der Waals surface area contributed by atoms with E-state index in [1.807, 2.05) is 0 Å². The summed E-state index contributed by atoms with van der Waals surface area (Å²) in [6.45, 7) is 3.49. The molecule has 0 radical (unpaired) electrons. The molecule has 0 unspecified atom stereocenters. The number of ether oxygens (including phenoxy) is 2. The fourth-order valence-electron chi connectivity index (χ4n) is 1.90. The van der Waals surface area contributed by atoms with Crippen molar-refractivity contribution in [2.24, 2.45) is 5.10 Å². The van der Waals surface area contributed by atoms with Gasteiger partial charge in [-0.05, 0) is 32.1 Å². The number of benzene rings is 1. The zero-order valence-electron chi connectivity index (χ0n) is 13.6. The van der Waals surface area contributed by atoms with Crippen molar-refractivity contribution in [3.8, 4) is 11.5 Å². The van der Waals surface area contributed by atoms with Crippen LogP contribution in [0.3, 0.4) is 0 Å². The van der Waals surface area contributed by atoms with Gasteiger partial charge in [0.15, 0.2) is 5.75 Å². The average Bonchev–Trinajstić information content (AvgIpc) is 2.54. The van der Waals surface area contributed by atoms with E-state index in [1.165, 1.54) is 25.5 Å². The Bertz CT molecular complexity index is 906. The lowest BCUT2D eigenvalue weighted by molar-refractivity contribution is -0.386. The van der Waals surface area contributed by atoms with Crippen molar-refractivity contribution in [3.05, 3.63) is 49.1 Å².